The topological polar surface area (TPSA) is 59.0 Å². The average Bonchev–Trinajstić information content (AvgIpc) is 3.28. The van der Waals surface area contributed by atoms with Gasteiger partial charge in [-0.3, -0.25) is 9.69 Å². The van der Waals surface area contributed by atoms with Crippen molar-refractivity contribution in [3.8, 4) is 11.5 Å². The van der Waals surface area contributed by atoms with Crippen LogP contribution in [0.2, 0.25) is 0 Å². The Labute approximate surface area is 125 Å². The molecule has 1 aromatic carbocycles. The zero-order valence-corrected chi connectivity index (χ0v) is 12.8. The number of hydrogen-bond acceptors (Lipinski definition) is 4. The summed E-state index contributed by atoms with van der Waals surface area (Å²) in [5.41, 5.74) is 0.986. The summed E-state index contributed by atoms with van der Waals surface area (Å²) in [6.45, 7) is 2.89. The molecular formula is C16H23NO4. The van der Waals surface area contributed by atoms with E-state index in [-0.39, 0.29) is 12.6 Å². The van der Waals surface area contributed by atoms with Gasteiger partial charge in [-0.2, -0.15) is 0 Å². The summed E-state index contributed by atoms with van der Waals surface area (Å²) < 4.78 is 10.6. The Hall–Kier alpha value is -1.75. The van der Waals surface area contributed by atoms with Gasteiger partial charge in [0.2, 0.25) is 0 Å². The second kappa shape index (κ2) is 6.80. The molecule has 0 heterocycles. The summed E-state index contributed by atoms with van der Waals surface area (Å²) in [6, 6.07) is 5.65. The van der Waals surface area contributed by atoms with E-state index in [1.807, 2.05) is 30.0 Å². The molecule has 5 nitrogen and oxygen atoms in total. The summed E-state index contributed by atoms with van der Waals surface area (Å²) in [5, 5.41) is 9.13. The number of benzene rings is 1. The molecule has 21 heavy (non-hydrogen) atoms. The van der Waals surface area contributed by atoms with Crippen LogP contribution in [0.1, 0.15) is 31.4 Å². The van der Waals surface area contributed by atoms with E-state index < -0.39 is 5.97 Å². The minimum Gasteiger partial charge on any atom is -0.497 e. The average molecular weight is 293 g/mol. The smallest absolute Gasteiger partial charge is 0.317 e. The van der Waals surface area contributed by atoms with Crippen molar-refractivity contribution in [1.29, 1.82) is 0 Å². The van der Waals surface area contributed by atoms with Crippen LogP contribution in [0, 0.1) is 5.92 Å². The zero-order chi connectivity index (χ0) is 15.4. The van der Waals surface area contributed by atoms with Gasteiger partial charge in [-0.25, -0.2) is 0 Å². The van der Waals surface area contributed by atoms with Crippen molar-refractivity contribution in [2.45, 2.75) is 25.8 Å². The van der Waals surface area contributed by atoms with Crippen molar-refractivity contribution in [1.82, 2.24) is 4.90 Å². The quantitative estimate of drug-likeness (QED) is 0.798. The van der Waals surface area contributed by atoms with Crippen molar-refractivity contribution in [2.75, 3.05) is 27.3 Å². The predicted octanol–water partition coefficient (Wildman–Crippen LogP) is 2.56. The second-order valence-corrected chi connectivity index (χ2v) is 5.55. The monoisotopic (exact) mass is 293 g/mol. The highest BCUT2D eigenvalue weighted by atomic mass is 16.5. The number of carbonyl (C=O) groups is 1. The molecule has 1 atom stereocenters. The van der Waals surface area contributed by atoms with E-state index in [0.29, 0.717) is 5.92 Å². The van der Waals surface area contributed by atoms with Gasteiger partial charge in [0, 0.05) is 24.2 Å². The van der Waals surface area contributed by atoms with Crippen LogP contribution in [-0.2, 0) is 4.79 Å². The van der Waals surface area contributed by atoms with E-state index in [1.165, 1.54) is 12.8 Å². The standard InChI is InChI=1S/C16H23NO4/c1-11(17(10-16(18)19)9-12-4-5-12)14-7-6-13(20-2)8-15(14)21-3/h6-8,11-12H,4-5,9-10H2,1-3H3,(H,18,19). The maximum Gasteiger partial charge on any atom is 0.317 e. The highest BCUT2D eigenvalue weighted by molar-refractivity contribution is 5.69. The lowest BCUT2D eigenvalue weighted by atomic mass is 10.0. The van der Waals surface area contributed by atoms with Crippen LogP contribution in [-0.4, -0.2) is 43.3 Å². The van der Waals surface area contributed by atoms with E-state index in [0.717, 1.165) is 23.6 Å². The molecule has 0 amide bonds. The molecule has 1 aliphatic rings. The minimum absolute atomic E-state index is 0.0115. The summed E-state index contributed by atoms with van der Waals surface area (Å²) in [7, 11) is 3.23. The van der Waals surface area contributed by atoms with Gasteiger partial charge in [0.05, 0.1) is 20.8 Å². The van der Waals surface area contributed by atoms with Crippen molar-refractivity contribution < 1.29 is 19.4 Å². The van der Waals surface area contributed by atoms with E-state index >= 15 is 0 Å². The molecule has 0 radical (unpaired) electrons. The molecule has 1 fully saturated rings. The van der Waals surface area contributed by atoms with Crippen molar-refractivity contribution in [2.24, 2.45) is 5.92 Å². The molecular weight excluding hydrogens is 270 g/mol. The lowest BCUT2D eigenvalue weighted by Crippen LogP contribution is -2.34. The molecule has 0 bridgehead atoms. The van der Waals surface area contributed by atoms with E-state index in [4.69, 9.17) is 14.6 Å². The maximum absolute atomic E-state index is 11.1. The third kappa shape index (κ3) is 4.11. The van der Waals surface area contributed by atoms with Crippen molar-refractivity contribution in [3.05, 3.63) is 23.8 Å². The van der Waals surface area contributed by atoms with Crippen LogP contribution in [0.4, 0.5) is 0 Å². The van der Waals surface area contributed by atoms with E-state index in [9.17, 15) is 4.79 Å². The molecule has 1 saturated carbocycles. The normalized spacial score (nSPS) is 15.8. The molecule has 0 saturated heterocycles. The van der Waals surface area contributed by atoms with Gasteiger partial charge in [0.15, 0.2) is 0 Å². The van der Waals surface area contributed by atoms with Crippen LogP contribution in [0.3, 0.4) is 0 Å². The molecule has 2 rings (SSSR count). The number of nitrogens with zero attached hydrogens (tertiary/aromatic N) is 1. The Balaban J connectivity index is 2.21. The van der Waals surface area contributed by atoms with Gasteiger partial charge in [0.1, 0.15) is 11.5 Å². The predicted molar refractivity (Wildman–Crippen MR) is 79.9 cm³/mol. The molecule has 1 unspecified atom stereocenters. The Morgan fingerprint density at radius 3 is 2.62 bits per heavy atom. The highest BCUT2D eigenvalue weighted by Gasteiger charge is 2.29. The Bertz CT molecular complexity index is 499. The van der Waals surface area contributed by atoms with Crippen molar-refractivity contribution >= 4 is 5.97 Å². The van der Waals surface area contributed by atoms with Gasteiger partial charge in [0.25, 0.3) is 0 Å². The number of ether oxygens (including phenoxy) is 2. The van der Waals surface area contributed by atoms with Gasteiger partial charge >= 0.3 is 5.97 Å². The van der Waals surface area contributed by atoms with Gasteiger partial charge in [-0.15, -0.1) is 0 Å². The summed E-state index contributed by atoms with van der Waals surface area (Å²) in [4.78, 5) is 13.1. The molecule has 0 aromatic heterocycles. The van der Waals surface area contributed by atoms with Crippen LogP contribution in [0.5, 0.6) is 11.5 Å². The fourth-order valence-corrected chi connectivity index (χ4v) is 2.53. The number of carboxylic acids is 1. The first kappa shape index (κ1) is 15.6. The number of methoxy groups -OCH3 is 2. The molecule has 0 spiro atoms. The van der Waals surface area contributed by atoms with Crippen molar-refractivity contribution in [3.63, 3.8) is 0 Å². The third-order valence-electron chi connectivity index (χ3n) is 3.97. The first-order chi connectivity index (χ1) is 10.0. The maximum atomic E-state index is 11.1. The fraction of sp³-hybridized carbons (Fsp3) is 0.562. The zero-order valence-electron chi connectivity index (χ0n) is 12.8. The number of rotatable bonds is 8. The lowest BCUT2D eigenvalue weighted by molar-refractivity contribution is -0.139. The Morgan fingerprint density at radius 2 is 2.10 bits per heavy atom. The Kier molecular flexibility index (Phi) is 5.07. The SMILES string of the molecule is COc1ccc(C(C)N(CC(=O)O)CC2CC2)c(OC)c1. The summed E-state index contributed by atoms with van der Waals surface area (Å²) in [6.07, 6.45) is 2.39. The highest BCUT2D eigenvalue weighted by Crippen LogP contribution is 2.36. The first-order valence-corrected chi connectivity index (χ1v) is 7.23. The fourth-order valence-electron chi connectivity index (χ4n) is 2.53. The molecule has 1 N–H and O–H groups in total. The first-order valence-electron chi connectivity index (χ1n) is 7.23. The van der Waals surface area contributed by atoms with Crippen LogP contribution in [0.25, 0.3) is 0 Å². The van der Waals surface area contributed by atoms with Gasteiger partial charge < -0.3 is 14.6 Å². The summed E-state index contributed by atoms with van der Waals surface area (Å²) >= 11 is 0. The summed E-state index contributed by atoms with van der Waals surface area (Å²) in [5.74, 6) is 1.30. The van der Waals surface area contributed by atoms with E-state index in [1.54, 1.807) is 14.2 Å². The second-order valence-electron chi connectivity index (χ2n) is 5.55. The minimum atomic E-state index is -0.796. The van der Waals surface area contributed by atoms with Crippen LogP contribution in [0.15, 0.2) is 18.2 Å². The Morgan fingerprint density at radius 1 is 1.38 bits per heavy atom. The lowest BCUT2D eigenvalue weighted by Gasteiger charge is -2.29. The van der Waals surface area contributed by atoms with Gasteiger partial charge in [-0.05, 0) is 31.7 Å². The molecule has 116 valence electrons. The number of carboxylic acid groups (broad SMARTS) is 1. The molecule has 5 heteroatoms. The third-order valence-corrected chi connectivity index (χ3v) is 3.97. The molecule has 1 aliphatic carbocycles. The molecule has 0 aliphatic heterocycles. The number of hydrogen-bond donors (Lipinski definition) is 1. The van der Waals surface area contributed by atoms with Crippen LogP contribution >= 0.6 is 0 Å². The number of aliphatic carboxylic acids is 1. The van der Waals surface area contributed by atoms with Gasteiger partial charge in [-0.1, -0.05) is 6.07 Å². The van der Waals surface area contributed by atoms with E-state index in [2.05, 4.69) is 0 Å². The van der Waals surface area contributed by atoms with Crippen LogP contribution < -0.4 is 9.47 Å². The molecule has 1 aromatic rings. The largest absolute Gasteiger partial charge is 0.497 e.